The van der Waals surface area contributed by atoms with Gasteiger partial charge in [-0.3, -0.25) is 9.78 Å². The molecule has 0 saturated carbocycles. The first-order chi connectivity index (χ1) is 9.61. The van der Waals surface area contributed by atoms with E-state index in [1.54, 1.807) is 0 Å². The van der Waals surface area contributed by atoms with Crippen molar-refractivity contribution in [3.8, 4) is 0 Å². The fraction of sp³-hybridized carbons (Fsp3) is 0.214. The summed E-state index contributed by atoms with van der Waals surface area (Å²) in [5.41, 5.74) is 0.666. The molecular formula is C14H15N3O3. The Bertz CT molecular complexity index is 652. The number of carbonyl (C=O) groups excluding carboxylic acids is 1. The standard InChI is InChI=1S/C14H15N3O3/c1-10(19)12-7-15-14(20)16-13(12)17(9-18)8-11-5-3-2-4-6-11/h2-7,18H,8-9H2,1H3,(H,15,16,20). The Kier molecular flexibility index (Phi) is 4.27. The minimum absolute atomic E-state index is 0.227. The maximum atomic E-state index is 11.6. The molecule has 6 heteroatoms. The van der Waals surface area contributed by atoms with Crippen LogP contribution in [0.25, 0.3) is 0 Å². The van der Waals surface area contributed by atoms with Gasteiger partial charge in [-0.2, -0.15) is 0 Å². The van der Waals surface area contributed by atoms with Crippen LogP contribution in [0.1, 0.15) is 22.8 Å². The third-order valence-electron chi connectivity index (χ3n) is 2.87. The predicted octanol–water partition coefficient (Wildman–Crippen LogP) is 0.929. The zero-order valence-corrected chi connectivity index (χ0v) is 11.0. The molecule has 1 heterocycles. The quantitative estimate of drug-likeness (QED) is 0.625. The molecule has 1 aromatic heterocycles. The Balaban J connectivity index is 2.39. The number of ketones is 1. The summed E-state index contributed by atoms with van der Waals surface area (Å²) in [6, 6.07) is 9.45. The number of carbonyl (C=O) groups is 1. The van der Waals surface area contributed by atoms with Crippen molar-refractivity contribution in [1.29, 1.82) is 0 Å². The van der Waals surface area contributed by atoms with E-state index in [0.29, 0.717) is 6.54 Å². The smallest absolute Gasteiger partial charge is 0.346 e. The second-order valence-electron chi connectivity index (χ2n) is 4.33. The predicted molar refractivity (Wildman–Crippen MR) is 74.6 cm³/mol. The number of aliphatic hydroxyl groups is 1. The van der Waals surface area contributed by atoms with E-state index in [2.05, 4.69) is 9.97 Å². The lowest BCUT2D eigenvalue weighted by Gasteiger charge is -2.23. The molecule has 0 aliphatic heterocycles. The number of nitrogens with zero attached hydrogens (tertiary/aromatic N) is 2. The number of hydrogen-bond donors (Lipinski definition) is 2. The molecule has 6 nitrogen and oxygen atoms in total. The van der Waals surface area contributed by atoms with Crippen LogP contribution < -0.4 is 10.6 Å². The van der Waals surface area contributed by atoms with Crippen molar-refractivity contribution in [2.75, 3.05) is 11.6 Å². The molecule has 0 saturated heterocycles. The van der Waals surface area contributed by atoms with Gasteiger partial charge in [-0.25, -0.2) is 9.78 Å². The summed E-state index contributed by atoms with van der Waals surface area (Å²) in [5, 5.41) is 9.51. The summed E-state index contributed by atoms with van der Waals surface area (Å²) < 4.78 is 0. The largest absolute Gasteiger partial charge is 0.376 e. The highest BCUT2D eigenvalue weighted by atomic mass is 16.3. The molecule has 0 radical (unpaired) electrons. The lowest BCUT2D eigenvalue weighted by molar-refractivity contribution is 0.101. The molecule has 2 N–H and O–H groups in total. The normalized spacial score (nSPS) is 10.3. The van der Waals surface area contributed by atoms with E-state index in [9.17, 15) is 14.7 Å². The van der Waals surface area contributed by atoms with Crippen molar-refractivity contribution in [1.82, 2.24) is 9.97 Å². The number of aromatic amines is 1. The number of aliphatic hydroxyl groups excluding tert-OH is 1. The Morgan fingerprint density at radius 3 is 2.65 bits per heavy atom. The molecular weight excluding hydrogens is 258 g/mol. The molecule has 0 fully saturated rings. The molecule has 2 rings (SSSR count). The molecule has 0 atom stereocenters. The molecule has 0 spiro atoms. The van der Waals surface area contributed by atoms with E-state index in [4.69, 9.17) is 0 Å². The maximum Gasteiger partial charge on any atom is 0.346 e. The number of H-pyrrole nitrogens is 1. The van der Waals surface area contributed by atoms with Crippen LogP contribution in [0.5, 0.6) is 0 Å². The Hall–Kier alpha value is -2.47. The van der Waals surface area contributed by atoms with Gasteiger partial charge in [0, 0.05) is 12.7 Å². The van der Waals surface area contributed by atoms with Gasteiger partial charge in [0.2, 0.25) is 0 Å². The molecule has 104 valence electrons. The first-order valence-corrected chi connectivity index (χ1v) is 6.12. The van der Waals surface area contributed by atoms with E-state index < -0.39 is 5.69 Å². The number of aromatic nitrogens is 2. The number of hydrogen-bond acceptors (Lipinski definition) is 5. The average molecular weight is 273 g/mol. The van der Waals surface area contributed by atoms with Crippen molar-refractivity contribution >= 4 is 11.6 Å². The highest BCUT2D eigenvalue weighted by molar-refractivity contribution is 5.98. The molecule has 2 aromatic rings. The molecule has 0 bridgehead atoms. The fourth-order valence-corrected chi connectivity index (χ4v) is 1.90. The van der Waals surface area contributed by atoms with Crippen molar-refractivity contribution < 1.29 is 9.90 Å². The van der Waals surface area contributed by atoms with Gasteiger partial charge in [-0.1, -0.05) is 30.3 Å². The number of Topliss-reactive ketones (excluding diaryl/α,β-unsaturated/α-hetero) is 1. The summed E-state index contributed by atoms with van der Waals surface area (Å²) in [7, 11) is 0. The Labute approximate surface area is 115 Å². The topological polar surface area (TPSA) is 86.3 Å². The highest BCUT2D eigenvalue weighted by Crippen LogP contribution is 2.17. The van der Waals surface area contributed by atoms with Crippen molar-refractivity contribution in [2.24, 2.45) is 0 Å². The van der Waals surface area contributed by atoms with Crippen LogP contribution in [-0.2, 0) is 6.54 Å². The SMILES string of the molecule is CC(=O)c1cnc(=O)[nH]c1N(CO)Cc1ccccc1. The van der Waals surface area contributed by atoms with Crippen LogP contribution in [0.15, 0.2) is 41.3 Å². The Morgan fingerprint density at radius 1 is 1.35 bits per heavy atom. The van der Waals surface area contributed by atoms with Crippen LogP contribution in [0.4, 0.5) is 5.82 Å². The zero-order valence-electron chi connectivity index (χ0n) is 11.0. The van der Waals surface area contributed by atoms with E-state index in [1.807, 2.05) is 30.3 Å². The van der Waals surface area contributed by atoms with Crippen LogP contribution in [0, 0.1) is 0 Å². The van der Waals surface area contributed by atoms with Crippen molar-refractivity contribution in [3.63, 3.8) is 0 Å². The molecule has 20 heavy (non-hydrogen) atoms. The van der Waals surface area contributed by atoms with E-state index in [1.165, 1.54) is 18.0 Å². The number of nitrogens with one attached hydrogen (secondary N) is 1. The summed E-state index contributed by atoms with van der Waals surface area (Å²) in [6.45, 7) is 1.43. The van der Waals surface area contributed by atoms with Gasteiger partial charge in [0.15, 0.2) is 5.78 Å². The maximum absolute atomic E-state index is 11.6. The van der Waals surface area contributed by atoms with E-state index in [0.717, 1.165) is 5.56 Å². The minimum atomic E-state index is -0.559. The molecule has 0 unspecified atom stereocenters. The van der Waals surface area contributed by atoms with Gasteiger partial charge in [0.05, 0.1) is 5.56 Å². The lowest BCUT2D eigenvalue weighted by Crippen LogP contribution is -2.29. The van der Waals surface area contributed by atoms with Crippen LogP contribution >= 0.6 is 0 Å². The lowest BCUT2D eigenvalue weighted by atomic mass is 10.2. The van der Waals surface area contributed by atoms with Gasteiger partial charge in [-0.05, 0) is 12.5 Å². The molecule has 0 amide bonds. The zero-order chi connectivity index (χ0) is 14.5. The fourth-order valence-electron chi connectivity index (χ4n) is 1.90. The van der Waals surface area contributed by atoms with Crippen molar-refractivity contribution in [2.45, 2.75) is 13.5 Å². The summed E-state index contributed by atoms with van der Waals surface area (Å²) in [4.78, 5) is 30.5. The number of rotatable bonds is 5. The first-order valence-electron chi connectivity index (χ1n) is 6.12. The Morgan fingerprint density at radius 2 is 2.05 bits per heavy atom. The molecule has 0 aliphatic rings. The van der Waals surface area contributed by atoms with Gasteiger partial charge < -0.3 is 10.0 Å². The van der Waals surface area contributed by atoms with Crippen LogP contribution in [0.2, 0.25) is 0 Å². The number of benzene rings is 1. The van der Waals surface area contributed by atoms with E-state index >= 15 is 0 Å². The van der Waals surface area contributed by atoms with Crippen molar-refractivity contribution in [3.05, 3.63) is 58.1 Å². The van der Waals surface area contributed by atoms with E-state index in [-0.39, 0.29) is 23.9 Å². The van der Waals surface area contributed by atoms with Crippen LogP contribution in [-0.4, -0.2) is 27.6 Å². The second-order valence-corrected chi connectivity index (χ2v) is 4.33. The highest BCUT2D eigenvalue weighted by Gasteiger charge is 2.15. The number of anilines is 1. The third-order valence-corrected chi connectivity index (χ3v) is 2.87. The summed E-state index contributed by atoms with van der Waals surface area (Å²) in [5.74, 6) is 0.0547. The van der Waals surface area contributed by atoms with Gasteiger partial charge in [0.25, 0.3) is 0 Å². The molecule has 1 aromatic carbocycles. The van der Waals surface area contributed by atoms with Gasteiger partial charge in [0.1, 0.15) is 12.5 Å². The van der Waals surface area contributed by atoms with Crippen LogP contribution in [0.3, 0.4) is 0 Å². The third kappa shape index (κ3) is 3.10. The monoisotopic (exact) mass is 273 g/mol. The van der Waals surface area contributed by atoms with Gasteiger partial charge >= 0.3 is 5.69 Å². The molecule has 0 aliphatic carbocycles. The average Bonchev–Trinajstić information content (AvgIpc) is 2.45. The summed E-state index contributed by atoms with van der Waals surface area (Å²) >= 11 is 0. The van der Waals surface area contributed by atoms with Gasteiger partial charge in [-0.15, -0.1) is 0 Å². The summed E-state index contributed by atoms with van der Waals surface area (Å²) in [6.07, 6.45) is 1.23. The second kappa shape index (κ2) is 6.12. The first kappa shape index (κ1) is 14.0. The minimum Gasteiger partial charge on any atom is -0.376 e.